The molecule has 0 aliphatic rings. The number of hydrogen-bond donors (Lipinski definition) is 1. The molecule has 0 aromatic carbocycles. The third kappa shape index (κ3) is 3.90. The molecule has 0 fully saturated rings. The van der Waals surface area contributed by atoms with Crippen LogP contribution in [0.2, 0.25) is 0 Å². The Bertz CT molecular complexity index is 568. The number of aromatic nitrogens is 5. The summed E-state index contributed by atoms with van der Waals surface area (Å²) in [6, 6.07) is 2.26. The van der Waals surface area contributed by atoms with E-state index in [1.807, 2.05) is 24.6 Å². The quantitative estimate of drug-likeness (QED) is 0.804. The minimum absolute atomic E-state index is 0.349. The summed E-state index contributed by atoms with van der Waals surface area (Å²) in [5, 5.41) is 7.41. The summed E-state index contributed by atoms with van der Waals surface area (Å²) in [6.07, 6.45) is 3.67. The summed E-state index contributed by atoms with van der Waals surface area (Å²) in [4.78, 5) is 13.1. The highest BCUT2D eigenvalue weighted by Crippen LogP contribution is 2.19. The minimum atomic E-state index is 0.349. The highest BCUT2D eigenvalue weighted by atomic mass is 16.5. The van der Waals surface area contributed by atoms with Crippen molar-refractivity contribution in [2.24, 2.45) is 0 Å². The molecule has 0 saturated carbocycles. The minimum Gasteiger partial charge on any atom is -0.463 e. The van der Waals surface area contributed by atoms with Gasteiger partial charge < -0.3 is 10.1 Å². The van der Waals surface area contributed by atoms with E-state index in [2.05, 4.69) is 32.3 Å². The lowest BCUT2D eigenvalue weighted by atomic mass is 10.4. The van der Waals surface area contributed by atoms with Crippen molar-refractivity contribution in [1.82, 2.24) is 24.7 Å². The smallest absolute Gasteiger partial charge is 0.321 e. The summed E-state index contributed by atoms with van der Waals surface area (Å²) in [5.74, 6) is 1.11. The third-order valence-corrected chi connectivity index (χ3v) is 2.77. The van der Waals surface area contributed by atoms with Gasteiger partial charge in [-0.3, -0.25) is 4.68 Å². The number of ether oxygens (including phenoxy) is 1. The Labute approximate surface area is 124 Å². The fraction of sp³-hybridized carbons (Fsp3) is 0.571. The van der Waals surface area contributed by atoms with E-state index in [0.717, 1.165) is 31.6 Å². The van der Waals surface area contributed by atoms with E-state index < -0.39 is 0 Å². The lowest BCUT2D eigenvalue weighted by molar-refractivity contribution is 0.292. The first-order chi connectivity index (χ1) is 10.3. The number of aryl methyl sites for hydroxylation is 1. The van der Waals surface area contributed by atoms with Crippen LogP contribution < -0.4 is 10.1 Å². The second-order valence-corrected chi connectivity index (χ2v) is 4.58. The van der Waals surface area contributed by atoms with Gasteiger partial charge in [0.2, 0.25) is 5.95 Å². The van der Waals surface area contributed by atoms with Crippen LogP contribution in [0, 0.1) is 0 Å². The second kappa shape index (κ2) is 7.56. The van der Waals surface area contributed by atoms with E-state index in [-0.39, 0.29) is 0 Å². The Morgan fingerprint density at radius 1 is 1.14 bits per heavy atom. The molecule has 7 nitrogen and oxygen atoms in total. The molecule has 0 atom stereocenters. The molecule has 0 unspecified atom stereocenters. The third-order valence-electron chi connectivity index (χ3n) is 2.77. The largest absolute Gasteiger partial charge is 0.463 e. The highest BCUT2D eigenvalue weighted by molar-refractivity contribution is 5.51. The van der Waals surface area contributed by atoms with Gasteiger partial charge >= 0.3 is 6.01 Å². The highest BCUT2D eigenvalue weighted by Gasteiger charge is 2.13. The summed E-state index contributed by atoms with van der Waals surface area (Å²) >= 11 is 0. The molecule has 0 amide bonds. The predicted octanol–water partition coefficient (Wildman–Crippen LogP) is 2.37. The molecule has 2 rings (SSSR count). The molecule has 0 aliphatic heterocycles. The molecule has 1 N–H and O–H groups in total. The van der Waals surface area contributed by atoms with E-state index >= 15 is 0 Å². The van der Waals surface area contributed by atoms with E-state index in [1.54, 1.807) is 6.20 Å². The topological polar surface area (TPSA) is 77.8 Å². The van der Waals surface area contributed by atoms with E-state index in [1.165, 1.54) is 0 Å². The summed E-state index contributed by atoms with van der Waals surface area (Å²) < 4.78 is 7.45. The molecule has 2 aromatic rings. The molecule has 0 bridgehead atoms. The van der Waals surface area contributed by atoms with Gasteiger partial charge in [-0.2, -0.15) is 20.1 Å². The Morgan fingerprint density at radius 2 is 2.00 bits per heavy atom. The first-order valence-corrected chi connectivity index (χ1v) is 7.43. The van der Waals surface area contributed by atoms with Crippen molar-refractivity contribution < 1.29 is 4.74 Å². The van der Waals surface area contributed by atoms with Gasteiger partial charge in [-0.25, -0.2) is 0 Å². The van der Waals surface area contributed by atoms with Crippen LogP contribution in [0.1, 0.15) is 33.6 Å². The Kier molecular flexibility index (Phi) is 5.48. The van der Waals surface area contributed by atoms with Gasteiger partial charge in [0, 0.05) is 19.3 Å². The van der Waals surface area contributed by atoms with E-state index in [9.17, 15) is 0 Å². The SMILES string of the molecule is CCCOc1nc(NCC)nc(-c2ccnn2CCC)n1. The molecule has 0 saturated heterocycles. The van der Waals surface area contributed by atoms with Crippen molar-refractivity contribution >= 4 is 5.95 Å². The van der Waals surface area contributed by atoms with E-state index in [4.69, 9.17) is 4.74 Å². The molecular weight excluding hydrogens is 268 g/mol. The van der Waals surface area contributed by atoms with Gasteiger partial charge in [-0.1, -0.05) is 13.8 Å². The van der Waals surface area contributed by atoms with Crippen molar-refractivity contribution in [3.63, 3.8) is 0 Å². The maximum absolute atomic E-state index is 5.55. The summed E-state index contributed by atoms with van der Waals surface area (Å²) in [5.41, 5.74) is 0.875. The van der Waals surface area contributed by atoms with Gasteiger partial charge in [-0.05, 0) is 25.8 Å². The van der Waals surface area contributed by atoms with Crippen LogP contribution in [0.15, 0.2) is 12.3 Å². The zero-order valence-electron chi connectivity index (χ0n) is 12.8. The van der Waals surface area contributed by atoms with Gasteiger partial charge in [0.25, 0.3) is 0 Å². The fourth-order valence-electron chi connectivity index (χ4n) is 1.88. The molecular formula is C14H22N6O. The van der Waals surface area contributed by atoms with Crippen LogP contribution in [0.4, 0.5) is 5.95 Å². The Hall–Kier alpha value is -2.18. The fourth-order valence-corrected chi connectivity index (χ4v) is 1.88. The second-order valence-electron chi connectivity index (χ2n) is 4.58. The molecule has 7 heteroatoms. The van der Waals surface area contributed by atoms with Crippen molar-refractivity contribution in [2.75, 3.05) is 18.5 Å². The number of hydrogen-bond acceptors (Lipinski definition) is 6. The lowest BCUT2D eigenvalue weighted by Crippen LogP contribution is -2.10. The van der Waals surface area contributed by atoms with Crippen molar-refractivity contribution in [3.05, 3.63) is 12.3 Å². The molecule has 2 aromatic heterocycles. The zero-order valence-corrected chi connectivity index (χ0v) is 12.8. The van der Waals surface area contributed by atoms with Crippen molar-refractivity contribution in [3.8, 4) is 17.5 Å². The predicted molar refractivity (Wildman–Crippen MR) is 81.3 cm³/mol. The molecule has 0 aliphatic carbocycles. The molecule has 21 heavy (non-hydrogen) atoms. The number of nitrogens with zero attached hydrogens (tertiary/aromatic N) is 5. The normalized spacial score (nSPS) is 10.6. The number of anilines is 1. The van der Waals surface area contributed by atoms with Crippen molar-refractivity contribution in [1.29, 1.82) is 0 Å². The van der Waals surface area contributed by atoms with Crippen molar-refractivity contribution in [2.45, 2.75) is 40.2 Å². The van der Waals surface area contributed by atoms with Crippen LogP contribution >= 0.6 is 0 Å². The van der Waals surface area contributed by atoms with Gasteiger partial charge in [0.1, 0.15) is 5.69 Å². The molecule has 2 heterocycles. The van der Waals surface area contributed by atoms with Crippen LogP contribution in [0.3, 0.4) is 0 Å². The van der Waals surface area contributed by atoms with Crippen LogP contribution in [-0.2, 0) is 6.54 Å². The molecule has 0 radical (unpaired) electrons. The average molecular weight is 290 g/mol. The molecule has 0 spiro atoms. The first-order valence-electron chi connectivity index (χ1n) is 7.43. The van der Waals surface area contributed by atoms with E-state index in [0.29, 0.717) is 24.4 Å². The molecule has 114 valence electrons. The van der Waals surface area contributed by atoms with Gasteiger partial charge in [0.15, 0.2) is 5.82 Å². The van der Waals surface area contributed by atoms with Gasteiger partial charge in [-0.15, -0.1) is 0 Å². The Morgan fingerprint density at radius 3 is 2.71 bits per heavy atom. The zero-order chi connectivity index (χ0) is 15.1. The first kappa shape index (κ1) is 15.2. The number of rotatable bonds is 8. The van der Waals surface area contributed by atoms with Crippen LogP contribution in [-0.4, -0.2) is 37.9 Å². The monoisotopic (exact) mass is 290 g/mol. The van der Waals surface area contributed by atoms with Crippen LogP contribution in [0.25, 0.3) is 11.5 Å². The van der Waals surface area contributed by atoms with Gasteiger partial charge in [0.05, 0.1) is 6.61 Å². The average Bonchev–Trinajstić information content (AvgIpc) is 2.94. The Balaban J connectivity index is 2.36. The maximum atomic E-state index is 5.55. The maximum Gasteiger partial charge on any atom is 0.321 e. The standard InChI is InChI=1S/C14H22N6O/c1-4-9-20-11(7-8-16-20)12-17-13(15-6-3)19-14(18-12)21-10-5-2/h7-8H,4-6,9-10H2,1-3H3,(H,15,17,18,19). The summed E-state index contributed by atoms with van der Waals surface area (Å²) in [6.45, 7) is 8.31. The van der Waals surface area contributed by atoms with Crippen LogP contribution in [0.5, 0.6) is 6.01 Å². The number of nitrogens with one attached hydrogen (secondary N) is 1. The summed E-state index contributed by atoms with van der Waals surface area (Å²) in [7, 11) is 0. The lowest BCUT2D eigenvalue weighted by Gasteiger charge is -2.09.